The molecule has 4 rings (SSSR count). The lowest BCUT2D eigenvalue weighted by Crippen LogP contribution is -2.46. The van der Waals surface area contributed by atoms with Crippen LogP contribution in [-0.2, 0) is 17.7 Å². The number of nitrogens with one attached hydrogen (secondary N) is 1. The van der Waals surface area contributed by atoms with Crippen molar-refractivity contribution in [2.45, 2.75) is 58.4 Å². The minimum absolute atomic E-state index is 0.0531. The zero-order chi connectivity index (χ0) is 21.1. The number of carbonyl (C=O) groups is 1. The standard InChI is InChI=1S/C24H33N3O3/c1-17-13-20-7-4-5-8-22(20)27(17)16-23-21(9-12-29-23)24(28)25-10-6-11-26-14-18(2)30-19(3)15-26/h4-5,7-9,12,17-19H,6,10-11,13-16H2,1-3H3,(H,25,28). The molecule has 30 heavy (non-hydrogen) atoms. The predicted octanol–water partition coefficient (Wildman–Crippen LogP) is 3.46. The van der Waals surface area contributed by atoms with E-state index in [0.29, 0.717) is 24.7 Å². The summed E-state index contributed by atoms with van der Waals surface area (Å²) >= 11 is 0. The summed E-state index contributed by atoms with van der Waals surface area (Å²) in [6.07, 6.45) is 4.12. The molecule has 1 aromatic heterocycles. The van der Waals surface area contributed by atoms with Crippen LogP contribution in [0.25, 0.3) is 0 Å². The van der Waals surface area contributed by atoms with Crippen LogP contribution in [0.5, 0.6) is 0 Å². The molecule has 3 unspecified atom stereocenters. The van der Waals surface area contributed by atoms with Gasteiger partial charge in [-0.15, -0.1) is 0 Å². The third-order valence-electron chi connectivity index (χ3n) is 6.08. The number of rotatable bonds is 7. The van der Waals surface area contributed by atoms with Crippen molar-refractivity contribution in [1.82, 2.24) is 10.2 Å². The molecule has 6 heteroatoms. The summed E-state index contributed by atoms with van der Waals surface area (Å²) in [7, 11) is 0. The predicted molar refractivity (Wildman–Crippen MR) is 118 cm³/mol. The van der Waals surface area contributed by atoms with Gasteiger partial charge in [0, 0.05) is 37.9 Å². The number of carbonyl (C=O) groups excluding carboxylic acids is 1. The molecule has 162 valence electrons. The molecule has 1 fully saturated rings. The molecule has 1 N–H and O–H groups in total. The number of fused-ring (bicyclic) bond motifs is 1. The van der Waals surface area contributed by atoms with Gasteiger partial charge >= 0.3 is 0 Å². The number of anilines is 1. The average molecular weight is 412 g/mol. The van der Waals surface area contributed by atoms with E-state index in [1.807, 2.05) is 0 Å². The Morgan fingerprint density at radius 2 is 1.90 bits per heavy atom. The van der Waals surface area contributed by atoms with Crippen LogP contribution < -0.4 is 10.2 Å². The maximum absolute atomic E-state index is 12.8. The molecule has 1 amide bonds. The van der Waals surface area contributed by atoms with Crippen molar-refractivity contribution in [2.24, 2.45) is 0 Å². The lowest BCUT2D eigenvalue weighted by molar-refractivity contribution is -0.0680. The zero-order valence-corrected chi connectivity index (χ0v) is 18.3. The first-order valence-corrected chi connectivity index (χ1v) is 11.1. The highest BCUT2D eigenvalue weighted by Gasteiger charge is 2.28. The summed E-state index contributed by atoms with van der Waals surface area (Å²) in [5, 5.41) is 3.07. The first-order valence-electron chi connectivity index (χ1n) is 11.1. The molecule has 0 aliphatic carbocycles. The van der Waals surface area contributed by atoms with E-state index in [1.54, 1.807) is 12.3 Å². The highest BCUT2D eigenvalue weighted by molar-refractivity contribution is 5.95. The molecule has 0 bridgehead atoms. The summed E-state index contributed by atoms with van der Waals surface area (Å²) in [5.74, 6) is 0.675. The van der Waals surface area contributed by atoms with Crippen molar-refractivity contribution in [3.05, 3.63) is 53.5 Å². The van der Waals surface area contributed by atoms with E-state index >= 15 is 0 Å². The molecule has 0 radical (unpaired) electrons. The number of morpholine rings is 1. The van der Waals surface area contributed by atoms with Crippen LogP contribution in [0.1, 0.15) is 48.9 Å². The molecule has 0 saturated carbocycles. The van der Waals surface area contributed by atoms with Crippen LogP contribution >= 0.6 is 0 Å². The lowest BCUT2D eigenvalue weighted by Gasteiger charge is -2.35. The topological polar surface area (TPSA) is 58.0 Å². The number of hydrogen-bond acceptors (Lipinski definition) is 5. The number of nitrogens with zero attached hydrogens (tertiary/aromatic N) is 2. The number of hydrogen-bond donors (Lipinski definition) is 1. The average Bonchev–Trinajstić information content (AvgIpc) is 3.29. The van der Waals surface area contributed by atoms with Gasteiger partial charge < -0.3 is 19.4 Å². The van der Waals surface area contributed by atoms with Crippen LogP contribution in [-0.4, -0.2) is 55.2 Å². The molecule has 3 atom stereocenters. The first-order chi connectivity index (χ1) is 14.5. The Kier molecular flexibility index (Phi) is 6.44. The van der Waals surface area contributed by atoms with Crippen molar-refractivity contribution in [3.8, 4) is 0 Å². The van der Waals surface area contributed by atoms with Crippen LogP contribution in [0, 0.1) is 0 Å². The van der Waals surface area contributed by atoms with Gasteiger partial charge in [-0.2, -0.15) is 0 Å². The van der Waals surface area contributed by atoms with Gasteiger partial charge in [0.15, 0.2) is 0 Å². The molecular weight excluding hydrogens is 378 g/mol. The van der Waals surface area contributed by atoms with Gasteiger partial charge in [-0.3, -0.25) is 9.69 Å². The second-order valence-electron chi connectivity index (χ2n) is 8.69. The van der Waals surface area contributed by atoms with Gasteiger partial charge in [0.25, 0.3) is 5.91 Å². The van der Waals surface area contributed by atoms with E-state index in [0.717, 1.165) is 38.2 Å². The second kappa shape index (κ2) is 9.23. The van der Waals surface area contributed by atoms with Crippen molar-refractivity contribution < 1.29 is 13.9 Å². The number of ether oxygens (including phenoxy) is 1. The van der Waals surface area contributed by atoms with Gasteiger partial charge in [-0.1, -0.05) is 18.2 Å². The monoisotopic (exact) mass is 411 g/mol. The van der Waals surface area contributed by atoms with E-state index in [4.69, 9.17) is 9.15 Å². The number of amides is 1. The Balaban J connectivity index is 1.29. The fourth-order valence-electron chi connectivity index (χ4n) is 4.76. The summed E-state index contributed by atoms with van der Waals surface area (Å²) in [6, 6.07) is 10.6. The van der Waals surface area contributed by atoms with E-state index < -0.39 is 0 Å². The highest BCUT2D eigenvalue weighted by atomic mass is 16.5. The van der Waals surface area contributed by atoms with Crippen molar-refractivity contribution in [1.29, 1.82) is 0 Å². The fraction of sp³-hybridized carbons (Fsp3) is 0.542. The third kappa shape index (κ3) is 4.71. The van der Waals surface area contributed by atoms with Gasteiger partial charge in [-0.25, -0.2) is 0 Å². The molecule has 2 aliphatic heterocycles. The summed E-state index contributed by atoms with van der Waals surface area (Å²) in [4.78, 5) is 17.5. The molecule has 2 aliphatic rings. The minimum atomic E-state index is -0.0531. The van der Waals surface area contributed by atoms with Crippen molar-refractivity contribution in [3.63, 3.8) is 0 Å². The summed E-state index contributed by atoms with van der Waals surface area (Å²) in [6.45, 7) is 10.6. The molecule has 1 saturated heterocycles. The van der Waals surface area contributed by atoms with E-state index in [1.165, 1.54) is 11.3 Å². The summed E-state index contributed by atoms with van der Waals surface area (Å²) in [5.41, 5.74) is 3.23. The normalized spacial score (nSPS) is 24.1. The smallest absolute Gasteiger partial charge is 0.254 e. The Labute approximate surface area is 179 Å². The van der Waals surface area contributed by atoms with Crippen molar-refractivity contribution >= 4 is 11.6 Å². The second-order valence-corrected chi connectivity index (χ2v) is 8.69. The van der Waals surface area contributed by atoms with Crippen LogP contribution in [0.15, 0.2) is 41.0 Å². The third-order valence-corrected chi connectivity index (χ3v) is 6.08. The Bertz CT molecular complexity index is 855. The van der Waals surface area contributed by atoms with Gasteiger partial charge in [0.1, 0.15) is 5.76 Å². The summed E-state index contributed by atoms with van der Waals surface area (Å²) < 4.78 is 11.5. The molecule has 6 nitrogen and oxygen atoms in total. The molecular formula is C24H33N3O3. The SMILES string of the molecule is CC1CN(CCCNC(=O)c2ccoc2CN2c3ccccc3CC2C)CC(C)O1. The van der Waals surface area contributed by atoms with E-state index in [2.05, 4.69) is 60.2 Å². The minimum Gasteiger partial charge on any atom is -0.467 e. The first kappa shape index (κ1) is 20.9. The van der Waals surface area contributed by atoms with Gasteiger partial charge in [0.2, 0.25) is 0 Å². The molecule has 2 aromatic rings. The number of benzene rings is 1. The number of para-hydroxylation sites is 1. The molecule has 1 aromatic carbocycles. The molecule has 3 heterocycles. The van der Waals surface area contributed by atoms with Crippen molar-refractivity contribution in [2.75, 3.05) is 31.1 Å². The fourth-order valence-corrected chi connectivity index (χ4v) is 4.76. The lowest BCUT2D eigenvalue weighted by atomic mass is 10.1. The maximum atomic E-state index is 12.8. The van der Waals surface area contributed by atoms with E-state index in [-0.39, 0.29) is 18.1 Å². The quantitative estimate of drug-likeness (QED) is 0.707. The number of furan rings is 1. The zero-order valence-electron chi connectivity index (χ0n) is 18.3. The van der Waals surface area contributed by atoms with Gasteiger partial charge in [0.05, 0.1) is 30.6 Å². The Morgan fingerprint density at radius 3 is 2.70 bits per heavy atom. The molecule has 0 spiro atoms. The van der Waals surface area contributed by atoms with E-state index in [9.17, 15) is 4.79 Å². The van der Waals surface area contributed by atoms with Crippen LogP contribution in [0.3, 0.4) is 0 Å². The highest BCUT2D eigenvalue weighted by Crippen LogP contribution is 2.33. The van der Waals surface area contributed by atoms with Crippen LogP contribution in [0.2, 0.25) is 0 Å². The Morgan fingerprint density at radius 1 is 1.13 bits per heavy atom. The maximum Gasteiger partial charge on any atom is 0.254 e. The van der Waals surface area contributed by atoms with Gasteiger partial charge in [-0.05, 0) is 51.3 Å². The van der Waals surface area contributed by atoms with Crippen LogP contribution in [0.4, 0.5) is 5.69 Å². The largest absolute Gasteiger partial charge is 0.467 e. The Hall–Kier alpha value is -2.31.